The van der Waals surface area contributed by atoms with Crippen molar-refractivity contribution in [3.05, 3.63) is 36.3 Å². The Hall–Kier alpha value is -2.66. The standard InChI is InChI=1S/C13H11N5S.C8H12BN/c1-8-5-9(6-10-7-17(2)15-11(8)10)12-16-18-4-3-14-13(18)19-12;10-7-9-6-2-1-3-8(9)4-5-8/h3-7H,1-2H3;1-6H2. The Morgan fingerprint density at radius 2 is 2.07 bits per heavy atom. The molecule has 8 heteroatoms. The molecule has 0 N–H and O–H groups in total. The van der Waals surface area contributed by atoms with Gasteiger partial charge in [0.05, 0.1) is 11.7 Å². The van der Waals surface area contributed by atoms with Crippen molar-refractivity contribution >= 4 is 33.9 Å². The zero-order chi connectivity index (χ0) is 20.0. The number of hydrogen-bond donors (Lipinski definition) is 0. The minimum atomic E-state index is 0.418. The quantitative estimate of drug-likeness (QED) is 0.424. The minimum absolute atomic E-state index is 0.418. The predicted molar refractivity (Wildman–Crippen MR) is 117 cm³/mol. The predicted octanol–water partition coefficient (Wildman–Crippen LogP) is 4.92. The van der Waals surface area contributed by atoms with Crippen LogP contribution in [-0.4, -0.2) is 31.1 Å². The molecule has 29 heavy (non-hydrogen) atoms. The van der Waals surface area contributed by atoms with Crippen molar-refractivity contribution in [2.45, 2.75) is 50.7 Å². The first-order valence-electron chi connectivity index (χ1n) is 10.2. The summed E-state index contributed by atoms with van der Waals surface area (Å²) in [5, 5.41) is 20.5. The van der Waals surface area contributed by atoms with Gasteiger partial charge in [-0.3, -0.25) is 4.68 Å². The SMILES string of the molecule is Cc1cc(-c2nn3ccnc3s2)cc2cn(C)nc12.N#CB1CCCCC12CC2. The summed E-state index contributed by atoms with van der Waals surface area (Å²) in [5.41, 5.74) is 3.34. The van der Waals surface area contributed by atoms with Crippen molar-refractivity contribution in [2.24, 2.45) is 7.05 Å². The molecule has 2 fully saturated rings. The Kier molecular flexibility index (Phi) is 4.43. The molecule has 1 aliphatic carbocycles. The van der Waals surface area contributed by atoms with Crippen LogP contribution in [0.2, 0.25) is 11.6 Å². The highest BCUT2D eigenvalue weighted by Gasteiger charge is 2.52. The average Bonchev–Trinajstić information content (AvgIpc) is 3.06. The van der Waals surface area contributed by atoms with Crippen LogP contribution in [-0.2, 0) is 7.05 Å². The number of fused-ring (bicyclic) bond motifs is 2. The zero-order valence-electron chi connectivity index (χ0n) is 16.8. The molecule has 3 aromatic heterocycles. The monoisotopic (exact) mass is 402 g/mol. The fraction of sp³-hybridized carbons (Fsp3) is 0.429. The second-order valence-corrected chi connectivity index (χ2v) is 9.34. The normalized spacial score (nSPS) is 17.3. The van der Waals surface area contributed by atoms with Crippen LogP contribution in [0.5, 0.6) is 0 Å². The third-order valence-corrected chi connectivity index (χ3v) is 7.33. The average molecular weight is 402 g/mol. The molecule has 0 bridgehead atoms. The number of aromatic nitrogens is 5. The molecular formula is C21H23BN6S. The van der Waals surface area contributed by atoms with E-state index in [9.17, 15) is 0 Å². The van der Waals surface area contributed by atoms with E-state index in [2.05, 4.69) is 40.2 Å². The van der Waals surface area contributed by atoms with Crippen molar-refractivity contribution in [3.63, 3.8) is 0 Å². The van der Waals surface area contributed by atoms with E-state index in [1.54, 1.807) is 17.5 Å². The summed E-state index contributed by atoms with van der Waals surface area (Å²) in [6.45, 7) is 2.50. The summed E-state index contributed by atoms with van der Waals surface area (Å²) in [6.07, 6.45) is 13.5. The van der Waals surface area contributed by atoms with Gasteiger partial charge in [0.2, 0.25) is 4.96 Å². The molecule has 1 aromatic carbocycles. The summed E-state index contributed by atoms with van der Waals surface area (Å²) in [4.78, 5) is 5.17. The van der Waals surface area contributed by atoms with Crippen LogP contribution in [0, 0.1) is 18.2 Å². The number of benzene rings is 1. The van der Waals surface area contributed by atoms with Crippen molar-refractivity contribution in [2.75, 3.05) is 0 Å². The third kappa shape index (κ3) is 3.34. The number of imidazole rings is 1. The van der Waals surface area contributed by atoms with Crippen LogP contribution < -0.4 is 0 Å². The summed E-state index contributed by atoms with van der Waals surface area (Å²) < 4.78 is 3.65. The highest BCUT2D eigenvalue weighted by atomic mass is 32.1. The van der Waals surface area contributed by atoms with Crippen molar-refractivity contribution in [1.29, 1.82) is 5.26 Å². The third-order valence-electron chi connectivity index (χ3n) is 6.34. The van der Waals surface area contributed by atoms with Crippen LogP contribution in [0.3, 0.4) is 0 Å². The Bertz CT molecular complexity index is 1200. The van der Waals surface area contributed by atoms with Gasteiger partial charge in [-0.15, -0.1) is 0 Å². The fourth-order valence-corrected chi connectivity index (χ4v) is 5.42. The molecule has 1 saturated heterocycles. The van der Waals surface area contributed by atoms with Gasteiger partial charge >= 0.3 is 0 Å². The lowest BCUT2D eigenvalue weighted by atomic mass is 9.34. The van der Waals surface area contributed by atoms with Crippen LogP contribution >= 0.6 is 11.3 Å². The van der Waals surface area contributed by atoms with Crippen molar-refractivity contribution in [3.8, 4) is 16.5 Å². The van der Waals surface area contributed by atoms with Crippen LogP contribution in [0.4, 0.5) is 0 Å². The van der Waals surface area contributed by atoms with E-state index in [0.717, 1.165) is 26.4 Å². The van der Waals surface area contributed by atoms with E-state index in [1.165, 1.54) is 44.0 Å². The van der Waals surface area contributed by atoms with Gasteiger partial charge in [0.1, 0.15) is 5.01 Å². The van der Waals surface area contributed by atoms with E-state index in [1.807, 2.05) is 28.6 Å². The van der Waals surface area contributed by atoms with Gasteiger partial charge in [-0.2, -0.15) is 10.2 Å². The summed E-state index contributed by atoms with van der Waals surface area (Å²) in [5.74, 6) is 2.46. The lowest BCUT2D eigenvalue weighted by molar-refractivity contribution is 0.618. The fourth-order valence-electron chi connectivity index (χ4n) is 4.57. The second-order valence-electron chi connectivity index (χ2n) is 8.39. The van der Waals surface area contributed by atoms with Gasteiger partial charge in [-0.25, -0.2) is 14.8 Å². The van der Waals surface area contributed by atoms with Gasteiger partial charge in [0.25, 0.3) is 6.71 Å². The first-order valence-corrected chi connectivity index (χ1v) is 11.0. The molecule has 0 atom stereocenters. The molecule has 6 rings (SSSR count). The summed E-state index contributed by atoms with van der Waals surface area (Å²) in [7, 11) is 1.94. The maximum absolute atomic E-state index is 8.82. The topological polar surface area (TPSA) is 71.8 Å². The Morgan fingerprint density at radius 3 is 2.79 bits per heavy atom. The smallest absolute Gasteiger partial charge is 0.274 e. The van der Waals surface area contributed by atoms with E-state index < -0.39 is 0 Å². The summed E-state index contributed by atoms with van der Waals surface area (Å²) >= 11 is 1.59. The van der Waals surface area contributed by atoms with E-state index in [4.69, 9.17) is 5.26 Å². The Labute approximate surface area is 174 Å². The Morgan fingerprint density at radius 1 is 1.21 bits per heavy atom. The van der Waals surface area contributed by atoms with Gasteiger partial charge in [0.15, 0.2) is 0 Å². The van der Waals surface area contributed by atoms with Crippen LogP contribution in [0.1, 0.15) is 37.7 Å². The van der Waals surface area contributed by atoms with Gasteiger partial charge in [-0.1, -0.05) is 49.8 Å². The maximum Gasteiger partial charge on any atom is 0.274 e. The maximum atomic E-state index is 8.82. The van der Waals surface area contributed by atoms with E-state index >= 15 is 0 Å². The highest BCUT2D eigenvalue weighted by molar-refractivity contribution is 7.19. The van der Waals surface area contributed by atoms with E-state index in [-0.39, 0.29) is 0 Å². The largest absolute Gasteiger partial charge is 0.275 e. The zero-order valence-corrected chi connectivity index (χ0v) is 17.6. The van der Waals surface area contributed by atoms with Crippen LogP contribution in [0.15, 0.2) is 30.7 Å². The molecule has 2 aliphatic rings. The number of nitrogens with zero attached hydrogens (tertiary/aromatic N) is 6. The highest BCUT2D eigenvalue weighted by Crippen LogP contribution is 2.62. The van der Waals surface area contributed by atoms with Gasteiger partial charge < -0.3 is 0 Å². The molecule has 4 aromatic rings. The molecule has 1 spiro atoms. The summed E-state index contributed by atoms with van der Waals surface area (Å²) in [6, 6.07) is 4.27. The van der Waals surface area contributed by atoms with E-state index in [0.29, 0.717) is 12.0 Å². The second kappa shape index (κ2) is 6.99. The number of nitriles is 1. The van der Waals surface area contributed by atoms with Crippen molar-refractivity contribution in [1.82, 2.24) is 24.4 Å². The van der Waals surface area contributed by atoms with Crippen LogP contribution in [0.25, 0.3) is 26.4 Å². The molecule has 146 valence electrons. The van der Waals surface area contributed by atoms with Crippen molar-refractivity contribution < 1.29 is 0 Å². The lowest BCUT2D eigenvalue weighted by Gasteiger charge is -2.22. The molecular weight excluding hydrogens is 379 g/mol. The molecule has 0 radical (unpaired) electrons. The lowest BCUT2D eigenvalue weighted by Crippen LogP contribution is -2.23. The molecule has 0 unspecified atom stereocenters. The molecule has 6 nitrogen and oxygen atoms in total. The molecule has 4 heterocycles. The number of aryl methyl sites for hydroxylation is 2. The molecule has 1 saturated carbocycles. The number of hydrogen-bond acceptors (Lipinski definition) is 5. The first-order chi connectivity index (χ1) is 14.1. The minimum Gasteiger partial charge on any atom is -0.275 e. The van der Waals surface area contributed by atoms with Gasteiger partial charge in [-0.05, 0) is 29.9 Å². The Balaban J connectivity index is 0.000000153. The molecule has 1 aliphatic heterocycles. The first kappa shape index (κ1) is 18.4. The number of rotatable bonds is 1. The molecule has 0 amide bonds. The van der Waals surface area contributed by atoms with Gasteiger partial charge in [0, 0.05) is 36.4 Å².